The number of esters is 1. The normalized spacial score (nSPS) is 14.6. The molecule has 0 saturated carbocycles. The van der Waals surface area contributed by atoms with Crippen molar-refractivity contribution in [2.75, 3.05) is 14.1 Å². The van der Waals surface area contributed by atoms with Crippen molar-refractivity contribution in [3.63, 3.8) is 0 Å². The smallest absolute Gasteiger partial charge is 0.304 e. The standard InChI is InChI=1S/C12H16BrNO2/c1-9(15)16-12(2,14(3)4)10-6-5-7-11(13)8-10/h5-8H,1-4H3. The van der Waals surface area contributed by atoms with Gasteiger partial charge in [-0.15, -0.1) is 0 Å². The van der Waals surface area contributed by atoms with Crippen molar-refractivity contribution in [3.8, 4) is 0 Å². The summed E-state index contributed by atoms with van der Waals surface area (Å²) in [5, 5.41) is 0. The number of hydrogen-bond donors (Lipinski definition) is 0. The monoisotopic (exact) mass is 285 g/mol. The molecule has 0 heterocycles. The molecule has 1 aromatic carbocycles. The largest absolute Gasteiger partial charge is 0.440 e. The van der Waals surface area contributed by atoms with Crippen molar-refractivity contribution in [3.05, 3.63) is 34.3 Å². The number of rotatable bonds is 3. The molecule has 0 N–H and O–H groups in total. The molecular formula is C12H16BrNO2. The van der Waals surface area contributed by atoms with Crippen molar-refractivity contribution in [2.24, 2.45) is 0 Å². The minimum absolute atomic E-state index is 0.295. The highest BCUT2D eigenvalue weighted by atomic mass is 79.9. The molecule has 88 valence electrons. The van der Waals surface area contributed by atoms with Gasteiger partial charge in [0.1, 0.15) is 0 Å². The molecule has 0 aliphatic heterocycles. The van der Waals surface area contributed by atoms with Crippen LogP contribution >= 0.6 is 15.9 Å². The molecule has 0 spiro atoms. The maximum Gasteiger partial charge on any atom is 0.304 e. The molecule has 0 amide bonds. The van der Waals surface area contributed by atoms with Crippen LogP contribution in [0.4, 0.5) is 0 Å². The Bertz CT molecular complexity index is 392. The predicted molar refractivity (Wildman–Crippen MR) is 66.9 cm³/mol. The lowest BCUT2D eigenvalue weighted by molar-refractivity contribution is -0.175. The number of carbonyl (C=O) groups is 1. The van der Waals surface area contributed by atoms with Crippen LogP contribution in [0.3, 0.4) is 0 Å². The third-order valence-corrected chi connectivity index (χ3v) is 3.05. The van der Waals surface area contributed by atoms with E-state index in [4.69, 9.17) is 4.74 Å². The van der Waals surface area contributed by atoms with E-state index in [0.29, 0.717) is 0 Å². The van der Waals surface area contributed by atoms with E-state index in [0.717, 1.165) is 10.0 Å². The lowest BCUT2D eigenvalue weighted by atomic mass is 10.0. The first-order valence-electron chi connectivity index (χ1n) is 4.99. The minimum atomic E-state index is -0.740. The molecule has 0 fully saturated rings. The minimum Gasteiger partial charge on any atom is -0.440 e. The molecule has 0 bridgehead atoms. The second-order valence-electron chi connectivity index (χ2n) is 3.98. The van der Waals surface area contributed by atoms with Crippen LogP contribution in [0.2, 0.25) is 0 Å². The van der Waals surface area contributed by atoms with Crippen LogP contribution < -0.4 is 0 Å². The second kappa shape index (κ2) is 4.97. The fraction of sp³-hybridized carbons (Fsp3) is 0.417. The Hall–Kier alpha value is -0.870. The van der Waals surface area contributed by atoms with Crippen LogP contribution in [-0.4, -0.2) is 25.0 Å². The van der Waals surface area contributed by atoms with Crippen molar-refractivity contribution >= 4 is 21.9 Å². The van der Waals surface area contributed by atoms with E-state index in [1.54, 1.807) is 0 Å². The maximum absolute atomic E-state index is 11.2. The van der Waals surface area contributed by atoms with E-state index < -0.39 is 5.72 Å². The van der Waals surface area contributed by atoms with Crippen LogP contribution in [0.15, 0.2) is 28.7 Å². The first-order chi connectivity index (χ1) is 7.36. The fourth-order valence-corrected chi connectivity index (χ4v) is 1.86. The number of halogens is 1. The molecule has 1 aromatic rings. The highest BCUT2D eigenvalue weighted by Gasteiger charge is 2.32. The Balaban J connectivity index is 3.16. The number of ether oxygens (including phenoxy) is 1. The van der Waals surface area contributed by atoms with Crippen molar-refractivity contribution in [2.45, 2.75) is 19.6 Å². The summed E-state index contributed by atoms with van der Waals surface area (Å²) in [6.45, 7) is 3.29. The third kappa shape index (κ3) is 2.83. The van der Waals surface area contributed by atoms with Gasteiger partial charge in [0.05, 0.1) is 0 Å². The molecule has 4 heteroatoms. The lowest BCUT2D eigenvalue weighted by Gasteiger charge is -2.35. The lowest BCUT2D eigenvalue weighted by Crippen LogP contribution is -2.42. The molecule has 0 saturated heterocycles. The predicted octanol–water partition coefficient (Wildman–Crippen LogP) is 2.75. The quantitative estimate of drug-likeness (QED) is 0.632. The molecule has 16 heavy (non-hydrogen) atoms. The zero-order chi connectivity index (χ0) is 12.3. The maximum atomic E-state index is 11.2. The van der Waals surface area contributed by atoms with Crippen molar-refractivity contribution in [1.82, 2.24) is 4.90 Å². The summed E-state index contributed by atoms with van der Waals surface area (Å²) in [5.74, 6) is -0.295. The van der Waals surface area contributed by atoms with Crippen LogP contribution in [0.25, 0.3) is 0 Å². The summed E-state index contributed by atoms with van der Waals surface area (Å²) < 4.78 is 6.37. The van der Waals surface area contributed by atoms with Gasteiger partial charge in [-0.1, -0.05) is 28.1 Å². The average molecular weight is 286 g/mol. The Morgan fingerprint density at radius 2 is 2.06 bits per heavy atom. The Morgan fingerprint density at radius 3 is 2.50 bits per heavy atom. The van der Waals surface area contributed by atoms with Gasteiger partial charge in [-0.2, -0.15) is 0 Å². The van der Waals surface area contributed by atoms with Gasteiger partial charge >= 0.3 is 5.97 Å². The van der Waals surface area contributed by atoms with E-state index in [1.807, 2.05) is 50.2 Å². The summed E-state index contributed by atoms with van der Waals surface area (Å²) in [5.41, 5.74) is 0.192. The molecule has 1 atom stereocenters. The van der Waals surface area contributed by atoms with Crippen molar-refractivity contribution in [1.29, 1.82) is 0 Å². The zero-order valence-electron chi connectivity index (χ0n) is 9.95. The van der Waals surface area contributed by atoms with Gasteiger partial charge in [0.15, 0.2) is 5.72 Å². The molecular weight excluding hydrogens is 270 g/mol. The summed E-state index contributed by atoms with van der Waals surface area (Å²) in [6.07, 6.45) is 0. The summed E-state index contributed by atoms with van der Waals surface area (Å²) in [4.78, 5) is 13.0. The van der Waals surface area contributed by atoms with Gasteiger partial charge in [-0.05, 0) is 33.2 Å². The third-order valence-electron chi connectivity index (χ3n) is 2.56. The first-order valence-corrected chi connectivity index (χ1v) is 5.78. The summed E-state index contributed by atoms with van der Waals surface area (Å²) in [7, 11) is 3.76. The summed E-state index contributed by atoms with van der Waals surface area (Å²) >= 11 is 3.41. The van der Waals surface area contributed by atoms with Crippen LogP contribution in [0.1, 0.15) is 19.4 Å². The van der Waals surface area contributed by atoms with Crippen LogP contribution in [0.5, 0.6) is 0 Å². The SMILES string of the molecule is CC(=O)OC(C)(c1cccc(Br)c1)N(C)C. The Morgan fingerprint density at radius 1 is 1.44 bits per heavy atom. The Kier molecular flexibility index (Phi) is 4.10. The van der Waals surface area contributed by atoms with E-state index in [9.17, 15) is 4.79 Å². The second-order valence-corrected chi connectivity index (χ2v) is 4.90. The molecule has 0 aliphatic carbocycles. The van der Waals surface area contributed by atoms with Gasteiger partial charge in [0, 0.05) is 17.0 Å². The molecule has 0 aromatic heterocycles. The molecule has 0 radical (unpaired) electrons. The van der Waals surface area contributed by atoms with Crippen molar-refractivity contribution < 1.29 is 9.53 Å². The fourth-order valence-electron chi connectivity index (χ4n) is 1.47. The summed E-state index contributed by atoms with van der Waals surface area (Å²) in [6, 6.07) is 7.74. The van der Waals surface area contributed by atoms with Crippen LogP contribution in [0, 0.1) is 0 Å². The van der Waals surface area contributed by atoms with Gasteiger partial charge in [-0.3, -0.25) is 9.69 Å². The number of hydrogen-bond acceptors (Lipinski definition) is 3. The number of carbonyl (C=O) groups excluding carboxylic acids is 1. The van der Waals surface area contributed by atoms with Crippen LogP contribution in [-0.2, 0) is 15.3 Å². The van der Waals surface area contributed by atoms with E-state index in [1.165, 1.54) is 6.92 Å². The molecule has 1 rings (SSSR count). The van der Waals surface area contributed by atoms with Gasteiger partial charge in [0.25, 0.3) is 0 Å². The van der Waals surface area contributed by atoms with Gasteiger partial charge < -0.3 is 4.74 Å². The van der Waals surface area contributed by atoms with E-state index in [-0.39, 0.29) is 5.97 Å². The molecule has 1 unspecified atom stereocenters. The number of nitrogens with zero attached hydrogens (tertiary/aromatic N) is 1. The van der Waals surface area contributed by atoms with E-state index in [2.05, 4.69) is 15.9 Å². The average Bonchev–Trinajstić information content (AvgIpc) is 2.16. The molecule has 3 nitrogen and oxygen atoms in total. The van der Waals surface area contributed by atoms with E-state index >= 15 is 0 Å². The topological polar surface area (TPSA) is 29.5 Å². The molecule has 0 aliphatic rings. The first kappa shape index (κ1) is 13.2. The van der Waals surface area contributed by atoms with Gasteiger partial charge in [0.2, 0.25) is 0 Å². The number of benzene rings is 1. The zero-order valence-corrected chi connectivity index (χ0v) is 11.5. The highest BCUT2D eigenvalue weighted by molar-refractivity contribution is 9.10. The Labute approximate surface area is 105 Å². The van der Waals surface area contributed by atoms with Gasteiger partial charge in [-0.25, -0.2) is 0 Å². The highest BCUT2D eigenvalue weighted by Crippen LogP contribution is 2.29.